The van der Waals surface area contributed by atoms with E-state index in [4.69, 9.17) is 4.98 Å². The van der Waals surface area contributed by atoms with Crippen molar-refractivity contribution in [2.75, 3.05) is 0 Å². The Morgan fingerprint density at radius 1 is 0.417 bits per heavy atom. The van der Waals surface area contributed by atoms with Gasteiger partial charge in [0, 0.05) is 53.0 Å². The average Bonchev–Trinajstić information content (AvgIpc) is 4.02. The number of hydrogen-bond acceptors (Lipinski definition) is 2. The van der Waals surface area contributed by atoms with E-state index in [2.05, 4.69) is 221 Å². The summed E-state index contributed by atoms with van der Waals surface area (Å²) in [5.74, 6) is 0. The average molecular weight is 961 g/mol. The Hall–Kier alpha value is -6.88. The maximum Gasteiger partial charge on any atom is 0.0562 e. The molecule has 0 N–H and O–H groups in total. The molecule has 0 amide bonds. The second-order valence-corrected chi connectivity index (χ2v) is 16.1. The summed E-state index contributed by atoms with van der Waals surface area (Å²) in [5.41, 5.74) is 14.8. The zero-order valence-electron chi connectivity index (χ0n) is 32.2. The maximum absolute atomic E-state index is 5.20. The van der Waals surface area contributed by atoms with Gasteiger partial charge in [0.15, 0.2) is 0 Å². The van der Waals surface area contributed by atoms with Gasteiger partial charge in [-0.05, 0) is 94.0 Å². The topological polar surface area (TPSA) is 22.8 Å². The second-order valence-electron chi connectivity index (χ2n) is 15.1. The van der Waals surface area contributed by atoms with Gasteiger partial charge >= 0.3 is 0 Å². The normalized spacial score (nSPS) is 11.5. The quantitative estimate of drug-likeness (QED) is 0.152. The summed E-state index contributed by atoms with van der Waals surface area (Å²) in [6.07, 6.45) is 0. The number of aromatic nitrogens is 3. The number of fused-ring (bicyclic) bond motifs is 7. The zero-order valence-corrected chi connectivity index (χ0v) is 35.4. The third kappa shape index (κ3) is 5.93. The van der Waals surface area contributed by atoms with Gasteiger partial charge in [0.05, 0.1) is 27.6 Å². The number of pyridine rings is 1. The molecular weight excluding hydrogens is 927 g/mol. The van der Waals surface area contributed by atoms with Crippen molar-refractivity contribution in [2.24, 2.45) is 0 Å². The minimum absolute atomic E-state index is 0. The zero-order chi connectivity index (χ0) is 38.9. The third-order valence-corrected chi connectivity index (χ3v) is 12.7. The van der Waals surface area contributed by atoms with Crippen molar-refractivity contribution >= 4 is 65.9 Å². The first-order chi connectivity index (χ1) is 29.2. The summed E-state index contributed by atoms with van der Waals surface area (Å²) >= 11 is 1.74. The standard InChI is InChI=1S/C55H34N3S.Ir/c1-4-15-36(16-5-1)44-33-39-17-10-12-25-48(39)56-55(44)54-30-29-53(59-54)40-19-14-18-37(31-40)38-27-28-50-45(32-38)47-34-46-43-24-11-13-26-49(43)57(41-20-6-2-7-21-41)51(46)35-52(47)58(50)42-22-8-3-9-23-42;/h1-29,31-35H;/q-1;. The molecule has 8 aromatic carbocycles. The molecule has 0 aliphatic carbocycles. The molecule has 285 valence electrons. The van der Waals surface area contributed by atoms with Crippen LogP contribution in [-0.4, -0.2) is 14.1 Å². The SMILES string of the molecule is [Ir].[c-]1cc(-c2cccc(-c3ccc4c(c3)c3cc5c6ccccc6n(-c6ccccc6)c5cc3n4-c3ccccc3)c2)sc1-c1nc2ccccc2cc1-c1ccccc1. The van der Waals surface area contributed by atoms with Crippen LogP contribution in [0.1, 0.15) is 0 Å². The van der Waals surface area contributed by atoms with Crippen molar-refractivity contribution in [3.63, 3.8) is 0 Å². The first kappa shape index (κ1) is 36.2. The Kier molecular flexibility index (Phi) is 8.90. The fourth-order valence-electron chi connectivity index (χ4n) is 8.91. The smallest absolute Gasteiger partial charge is 0.0562 e. The number of para-hydroxylation sites is 4. The van der Waals surface area contributed by atoms with Gasteiger partial charge in [-0.1, -0.05) is 155 Å². The Balaban J connectivity index is 0.00000408. The molecule has 0 unspecified atom stereocenters. The fraction of sp³-hybridized carbons (Fsp3) is 0. The fourth-order valence-corrected chi connectivity index (χ4v) is 9.86. The number of hydrogen-bond donors (Lipinski definition) is 0. The van der Waals surface area contributed by atoms with E-state index in [0.29, 0.717) is 0 Å². The molecule has 3 nitrogen and oxygen atoms in total. The van der Waals surface area contributed by atoms with Crippen LogP contribution >= 0.6 is 11.3 Å². The molecule has 1 radical (unpaired) electrons. The third-order valence-electron chi connectivity index (χ3n) is 11.6. The first-order valence-corrected chi connectivity index (χ1v) is 20.8. The van der Waals surface area contributed by atoms with Gasteiger partial charge in [0.1, 0.15) is 0 Å². The van der Waals surface area contributed by atoms with Crippen LogP contribution < -0.4 is 0 Å². The van der Waals surface area contributed by atoms with Crippen molar-refractivity contribution in [1.82, 2.24) is 14.1 Å². The van der Waals surface area contributed by atoms with Crippen molar-refractivity contribution in [3.8, 4) is 54.6 Å². The summed E-state index contributed by atoms with van der Waals surface area (Å²) in [6, 6.07) is 77.8. The predicted octanol–water partition coefficient (Wildman–Crippen LogP) is 15.0. The van der Waals surface area contributed by atoms with Crippen LogP contribution in [0.25, 0.3) is 109 Å². The van der Waals surface area contributed by atoms with E-state index < -0.39 is 0 Å². The van der Waals surface area contributed by atoms with Gasteiger partial charge in [-0.15, -0.1) is 0 Å². The molecule has 4 aromatic heterocycles. The molecule has 4 heterocycles. The molecule has 0 saturated carbocycles. The molecule has 12 rings (SSSR count). The van der Waals surface area contributed by atoms with E-state index in [0.717, 1.165) is 48.9 Å². The van der Waals surface area contributed by atoms with Gasteiger partial charge in [-0.3, -0.25) is 0 Å². The Morgan fingerprint density at radius 3 is 1.77 bits per heavy atom. The van der Waals surface area contributed by atoms with E-state index in [1.165, 1.54) is 60.3 Å². The van der Waals surface area contributed by atoms with Gasteiger partial charge in [-0.2, -0.15) is 12.1 Å². The molecular formula is C55H34IrN3S-. The minimum Gasteiger partial charge on any atom is -0.310 e. The Labute approximate surface area is 364 Å². The van der Waals surface area contributed by atoms with E-state index in [1.54, 1.807) is 11.3 Å². The summed E-state index contributed by atoms with van der Waals surface area (Å²) in [4.78, 5) is 7.39. The Morgan fingerprint density at radius 2 is 1.00 bits per heavy atom. The molecule has 5 heteroatoms. The first-order valence-electron chi connectivity index (χ1n) is 20.0. The van der Waals surface area contributed by atoms with Crippen LogP contribution in [0, 0.1) is 6.07 Å². The molecule has 0 saturated heterocycles. The van der Waals surface area contributed by atoms with E-state index in [-0.39, 0.29) is 20.1 Å². The summed E-state index contributed by atoms with van der Waals surface area (Å²) in [6.45, 7) is 0. The molecule has 0 atom stereocenters. The summed E-state index contributed by atoms with van der Waals surface area (Å²) in [5, 5.41) is 6.09. The van der Waals surface area contributed by atoms with E-state index >= 15 is 0 Å². The van der Waals surface area contributed by atoms with Crippen LogP contribution in [-0.2, 0) is 20.1 Å². The largest absolute Gasteiger partial charge is 0.310 e. The second kappa shape index (κ2) is 14.7. The van der Waals surface area contributed by atoms with Crippen molar-refractivity contribution < 1.29 is 20.1 Å². The van der Waals surface area contributed by atoms with Crippen LogP contribution in [0.5, 0.6) is 0 Å². The van der Waals surface area contributed by atoms with Crippen molar-refractivity contribution in [3.05, 3.63) is 212 Å². The molecule has 0 fully saturated rings. The number of thiophene rings is 1. The van der Waals surface area contributed by atoms with E-state index in [1.807, 2.05) is 0 Å². The van der Waals surface area contributed by atoms with Gasteiger partial charge in [0.2, 0.25) is 0 Å². The van der Waals surface area contributed by atoms with Gasteiger partial charge in [0.25, 0.3) is 0 Å². The minimum atomic E-state index is 0. The summed E-state index contributed by atoms with van der Waals surface area (Å²) in [7, 11) is 0. The van der Waals surface area contributed by atoms with Gasteiger partial charge < -0.3 is 14.1 Å². The van der Waals surface area contributed by atoms with E-state index in [9.17, 15) is 0 Å². The molecule has 0 spiro atoms. The number of benzene rings is 8. The molecule has 60 heavy (non-hydrogen) atoms. The van der Waals surface area contributed by atoms with Crippen LogP contribution in [0.15, 0.2) is 206 Å². The van der Waals surface area contributed by atoms with Crippen LogP contribution in [0.4, 0.5) is 0 Å². The van der Waals surface area contributed by atoms with Crippen LogP contribution in [0.3, 0.4) is 0 Å². The Bertz CT molecular complexity index is 3550. The number of rotatable bonds is 6. The predicted molar refractivity (Wildman–Crippen MR) is 249 cm³/mol. The molecule has 12 aromatic rings. The van der Waals surface area contributed by atoms with Gasteiger partial charge in [-0.25, -0.2) is 11.3 Å². The van der Waals surface area contributed by atoms with Crippen LogP contribution in [0.2, 0.25) is 0 Å². The monoisotopic (exact) mass is 961 g/mol. The molecule has 0 bridgehead atoms. The van der Waals surface area contributed by atoms with Crippen molar-refractivity contribution in [1.29, 1.82) is 0 Å². The summed E-state index contributed by atoms with van der Waals surface area (Å²) < 4.78 is 4.82. The number of nitrogens with zero attached hydrogens (tertiary/aromatic N) is 3. The molecule has 0 aliphatic rings. The van der Waals surface area contributed by atoms with Crippen molar-refractivity contribution in [2.45, 2.75) is 0 Å². The maximum atomic E-state index is 5.20. The molecule has 0 aliphatic heterocycles.